The van der Waals surface area contributed by atoms with Crippen LogP contribution in [0.2, 0.25) is 0 Å². The van der Waals surface area contributed by atoms with Crippen LogP contribution in [0.5, 0.6) is 0 Å². The summed E-state index contributed by atoms with van der Waals surface area (Å²) >= 11 is 0. The Morgan fingerprint density at radius 3 is 2.14 bits per heavy atom. The number of rotatable bonds is 7. The zero-order valence-electron chi connectivity index (χ0n) is 19.7. The van der Waals surface area contributed by atoms with E-state index < -0.39 is 4.92 Å². The van der Waals surface area contributed by atoms with E-state index in [-0.39, 0.29) is 24.2 Å². The first-order chi connectivity index (χ1) is 17.6. The van der Waals surface area contributed by atoms with Crippen molar-refractivity contribution in [2.24, 2.45) is 0 Å². The fraction of sp³-hybridized carbons (Fsp3) is 0.222. The maximum atomic E-state index is 13.0. The molecule has 182 valence electrons. The van der Waals surface area contributed by atoms with Crippen LogP contribution in [0.4, 0.5) is 5.69 Å². The number of nitro groups is 1. The Bertz CT molecular complexity index is 1290. The fourth-order valence-corrected chi connectivity index (χ4v) is 4.61. The number of non-ortho nitro benzene ring substituents is 1. The number of amides is 1. The van der Waals surface area contributed by atoms with Gasteiger partial charge in [0.1, 0.15) is 12.9 Å². The van der Waals surface area contributed by atoms with Gasteiger partial charge in [-0.1, -0.05) is 72.8 Å². The summed E-state index contributed by atoms with van der Waals surface area (Å²) in [6.07, 6.45) is 1.49. The highest BCUT2D eigenvalue weighted by atomic mass is 16.6. The molecule has 1 saturated heterocycles. The molecular formula is C27H26N6O3. The average Bonchev–Trinajstić information content (AvgIpc) is 3.39. The van der Waals surface area contributed by atoms with Crippen molar-refractivity contribution in [2.45, 2.75) is 12.6 Å². The van der Waals surface area contributed by atoms with Gasteiger partial charge in [-0.3, -0.25) is 19.8 Å². The summed E-state index contributed by atoms with van der Waals surface area (Å²) in [5.74, 6) is 0.325. The molecule has 0 N–H and O–H groups in total. The standard InChI is InChI=1S/C27H26N6O3/c34-25(19-32-20-28-27(29-32)23-12-7-13-24(18-23)33(35)36)30-14-16-31(17-15-30)26(21-8-3-1-4-9-21)22-10-5-2-6-11-22/h1-13,18,20,26H,14-17,19H2. The Hall–Kier alpha value is -4.37. The van der Waals surface area contributed by atoms with Crippen molar-refractivity contribution in [3.8, 4) is 11.4 Å². The number of benzene rings is 3. The number of carbonyl (C=O) groups is 1. The lowest BCUT2D eigenvalue weighted by atomic mass is 9.96. The molecule has 1 fully saturated rings. The molecule has 2 heterocycles. The second-order valence-electron chi connectivity index (χ2n) is 8.71. The first-order valence-electron chi connectivity index (χ1n) is 11.8. The van der Waals surface area contributed by atoms with Crippen molar-refractivity contribution in [1.29, 1.82) is 0 Å². The highest BCUT2D eigenvalue weighted by Gasteiger charge is 2.28. The molecule has 1 aromatic heterocycles. The molecule has 0 spiro atoms. The minimum Gasteiger partial charge on any atom is -0.339 e. The number of hydrogen-bond acceptors (Lipinski definition) is 6. The molecule has 3 aromatic carbocycles. The van der Waals surface area contributed by atoms with Gasteiger partial charge in [0.15, 0.2) is 5.82 Å². The number of nitrogens with zero attached hydrogens (tertiary/aromatic N) is 6. The van der Waals surface area contributed by atoms with Gasteiger partial charge in [0.25, 0.3) is 5.69 Å². The molecule has 0 bridgehead atoms. The Morgan fingerprint density at radius 1 is 0.889 bits per heavy atom. The van der Waals surface area contributed by atoms with E-state index in [9.17, 15) is 14.9 Å². The van der Waals surface area contributed by atoms with E-state index in [2.05, 4.69) is 63.5 Å². The number of carbonyl (C=O) groups excluding carboxylic acids is 1. The van der Waals surface area contributed by atoms with Crippen LogP contribution in [0, 0.1) is 10.1 Å². The minimum absolute atomic E-state index is 0.0258. The zero-order chi connectivity index (χ0) is 24.9. The van der Waals surface area contributed by atoms with Crippen molar-refractivity contribution >= 4 is 11.6 Å². The quantitative estimate of drug-likeness (QED) is 0.294. The van der Waals surface area contributed by atoms with Crippen LogP contribution in [-0.4, -0.2) is 61.6 Å². The van der Waals surface area contributed by atoms with Crippen LogP contribution in [0.25, 0.3) is 11.4 Å². The Morgan fingerprint density at radius 2 is 1.53 bits per heavy atom. The predicted molar refractivity (Wildman–Crippen MR) is 135 cm³/mol. The molecule has 0 radical (unpaired) electrons. The summed E-state index contributed by atoms with van der Waals surface area (Å²) in [7, 11) is 0. The largest absolute Gasteiger partial charge is 0.339 e. The topological polar surface area (TPSA) is 97.4 Å². The lowest BCUT2D eigenvalue weighted by Crippen LogP contribution is -2.50. The number of piperazine rings is 1. The molecule has 4 aromatic rings. The van der Waals surface area contributed by atoms with Crippen LogP contribution in [0.15, 0.2) is 91.3 Å². The maximum absolute atomic E-state index is 13.0. The smallest absolute Gasteiger partial charge is 0.270 e. The Kier molecular flexibility index (Phi) is 6.81. The highest BCUT2D eigenvalue weighted by Crippen LogP contribution is 2.29. The maximum Gasteiger partial charge on any atom is 0.270 e. The summed E-state index contributed by atoms with van der Waals surface area (Å²) in [5, 5.41) is 15.4. The Balaban J connectivity index is 1.23. The molecule has 0 atom stereocenters. The van der Waals surface area contributed by atoms with Gasteiger partial charge in [-0.25, -0.2) is 9.67 Å². The van der Waals surface area contributed by atoms with Gasteiger partial charge in [0.05, 0.1) is 11.0 Å². The summed E-state index contributed by atoms with van der Waals surface area (Å²) in [4.78, 5) is 32.1. The van der Waals surface area contributed by atoms with Crippen molar-refractivity contribution in [3.63, 3.8) is 0 Å². The lowest BCUT2D eigenvalue weighted by Gasteiger charge is -2.39. The average molecular weight is 483 g/mol. The molecule has 0 unspecified atom stereocenters. The number of hydrogen-bond donors (Lipinski definition) is 0. The van der Waals surface area contributed by atoms with E-state index in [0.717, 1.165) is 13.1 Å². The second kappa shape index (κ2) is 10.5. The molecule has 1 aliphatic heterocycles. The van der Waals surface area contributed by atoms with Crippen LogP contribution < -0.4 is 0 Å². The monoisotopic (exact) mass is 482 g/mol. The van der Waals surface area contributed by atoms with Crippen molar-refractivity contribution in [2.75, 3.05) is 26.2 Å². The molecule has 9 nitrogen and oxygen atoms in total. The minimum atomic E-state index is -0.455. The molecular weight excluding hydrogens is 456 g/mol. The van der Waals surface area contributed by atoms with Crippen LogP contribution in [0.1, 0.15) is 17.2 Å². The van der Waals surface area contributed by atoms with Crippen LogP contribution in [-0.2, 0) is 11.3 Å². The van der Waals surface area contributed by atoms with E-state index in [1.807, 2.05) is 17.0 Å². The molecule has 0 saturated carbocycles. The summed E-state index contributed by atoms with van der Waals surface area (Å²) in [6.45, 7) is 2.85. The molecule has 9 heteroatoms. The van der Waals surface area contributed by atoms with Crippen LogP contribution >= 0.6 is 0 Å². The van der Waals surface area contributed by atoms with Crippen LogP contribution in [0.3, 0.4) is 0 Å². The molecule has 0 aliphatic carbocycles. The number of aromatic nitrogens is 3. The van der Waals surface area contributed by atoms with Gasteiger partial charge in [-0.15, -0.1) is 0 Å². The van der Waals surface area contributed by atoms with Crippen molar-refractivity contribution in [3.05, 3.63) is 112 Å². The second-order valence-corrected chi connectivity index (χ2v) is 8.71. The molecule has 36 heavy (non-hydrogen) atoms. The normalized spacial score (nSPS) is 14.2. The highest BCUT2D eigenvalue weighted by molar-refractivity contribution is 5.76. The van der Waals surface area contributed by atoms with Crippen molar-refractivity contribution in [1.82, 2.24) is 24.6 Å². The summed E-state index contributed by atoms with van der Waals surface area (Å²) < 4.78 is 1.49. The van der Waals surface area contributed by atoms with E-state index in [0.29, 0.717) is 24.5 Å². The van der Waals surface area contributed by atoms with Gasteiger partial charge in [0.2, 0.25) is 5.91 Å². The Labute approximate surface area is 208 Å². The predicted octanol–water partition coefficient (Wildman–Crippen LogP) is 3.79. The third kappa shape index (κ3) is 5.16. The fourth-order valence-electron chi connectivity index (χ4n) is 4.61. The first-order valence-corrected chi connectivity index (χ1v) is 11.8. The summed E-state index contributed by atoms with van der Waals surface area (Å²) in [5.41, 5.74) is 2.98. The van der Waals surface area contributed by atoms with E-state index in [1.54, 1.807) is 12.1 Å². The SMILES string of the molecule is O=C(Cn1cnc(-c2cccc([N+](=O)[O-])c2)n1)N1CCN(C(c2ccccc2)c2ccccc2)CC1. The lowest BCUT2D eigenvalue weighted by molar-refractivity contribution is -0.384. The third-order valence-electron chi connectivity index (χ3n) is 6.41. The zero-order valence-corrected chi connectivity index (χ0v) is 19.7. The van der Waals surface area contributed by atoms with Gasteiger partial charge >= 0.3 is 0 Å². The van der Waals surface area contributed by atoms with Gasteiger partial charge in [-0.2, -0.15) is 5.10 Å². The third-order valence-corrected chi connectivity index (χ3v) is 6.41. The molecule has 1 aliphatic rings. The number of nitro benzene ring substituents is 1. The molecule has 5 rings (SSSR count). The van der Waals surface area contributed by atoms with Gasteiger partial charge in [0, 0.05) is 43.9 Å². The summed E-state index contributed by atoms with van der Waals surface area (Å²) in [6, 6.07) is 27.2. The van der Waals surface area contributed by atoms with E-state index >= 15 is 0 Å². The van der Waals surface area contributed by atoms with Gasteiger partial charge in [-0.05, 0) is 11.1 Å². The van der Waals surface area contributed by atoms with Gasteiger partial charge < -0.3 is 4.90 Å². The molecule has 1 amide bonds. The first kappa shape index (κ1) is 23.4. The van der Waals surface area contributed by atoms with E-state index in [4.69, 9.17) is 0 Å². The van der Waals surface area contributed by atoms with Crippen molar-refractivity contribution < 1.29 is 9.72 Å². The van der Waals surface area contributed by atoms with E-state index in [1.165, 1.54) is 34.3 Å².